The Balaban J connectivity index is 2.47. The van der Waals surface area contributed by atoms with Gasteiger partial charge in [-0.15, -0.1) is 0 Å². The molecule has 1 saturated heterocycles. The van der Waals surface area contributed by atoms with Crippen molar-refractivity contribution in [3.63, 3.8) is 0 Å². The van der Waals surface area contributed by atoms with E-state index in [1.54, 1.807) is 12.1 Å². The van der Waals surface area contributed by atoms with Gasteiger partial charge in [-0.25, -0.2) is 13.1 Å². The van der Waals surface area contributed by atoms with Crippen molar-refractivity contribution in [1.29, 1.82) is 0 Å². The van der Waals surface area contributed by atoms with E-state index in [0.29, 0.717) is 11.7 Å². The summed E-state index contributed by atoms with van der Waals surface area (Å²) in [4.78, 5) is 2.53. The summed E-state index contributed by atoms with van der Waals surface area (Å²) in [6.45, 7) is 3.07. The molecule has 0 aromatic heterocycles. The Morgan fingerprint density at radius 3 is 2.81 bits per heavy atom. The molecule has 1 heterocycles. The van der Waals surface area contributed by atoms with Crippen LogP contribution in [-0.4, -0.2) is 28.1 Å². The number of nitrogens with two attached hydrogens (primary N) is 1. The maximum atomic E-state index is 12.3. The number of sulfonamides is 1. The van der Waals surface area contributed by atoms with Crippen molar-refractivity contribution in [3.05, 3.63) is 18.2 Å². The highest BCUT2D eigenvalue weighted by molar-refractivity contribution is 7.89. The molecule has 2 rings (SSSR count). The first-order valence-electron chi connectivity index (χ1n) is 7.59. The van der Waals surface area contributed by atoms with Crippen molar-refractivity contribution in [2.75, 3.05) is 24.2 Å². The molecule has 0 amide bonds. The zero-order valence-electron chi connectivity index (χ0n) is 12.8. The number of rotatable bonds is 5. The van der Waals surface area contributed by atoms with E-state index in [4.69, 9.17) is 5.73 Å². The van der Waals surface area contributed by atoms with Crippen LogP contribution in [0.3, 0.4) is 0 Å². The van der Waals surface area contributed by atoms with E-state index in [9.17, 15) is 8.42 Å². The summed E-state index contributed by atoms with van der Waals surface area (Å²) >= 11 is 0. The van der Waals surface area contributed by atoms with Gasteiger partial charge in [0.1, 0.15) is 4.90 Å². The standard InChI is InChI=1S/C15H25N3O2S/c1-3-6-13-7-4-5-10-18(13)14-9-8-12(16)11-15(14)21(19,20)17-2/h8-9,11,13,17H,3-7,10,16H2,1-2H3. The molecule has 3 N–H and O–H groups in total. The monoisotopic (exact) mass is 311 g/mol. The molecule has 6 heteroatoms. The molecule has 1 aliphatic heterocycles. The minimum Gasteiger partial charge on any atom is -0.399 e. The fraction of sp³-hybridized carbons (Fsp3) is 0.600. The third-order valence-corrected chi connectivity index (χ3v) is 5.54. The van der Waals surface area contributed by atoms with Crippen LogP contribution < -0.4 is 15.4 Å². The quantitative estimate of drug-likeness (QED) is 0.818. The van der Waals surface area contributed by atoms with Gasteiger partial charge >= 0.3 is 0 Å². The van der Waals surface area contributed by atoms with E-state index < -0.39 is 10.0 Å². The van der Waals surface area contributed by atoms with Gasteiger partial charge in [-0.3, -0.25) is 0 Å². The van der Waals surface area contributed by atoms with Crippen molar-refractivity contribution in [1.82, 2.24) is 4.72 Å². The lowest BCUT2D eigenvalue weighted by molar-refractivity contribution is 0.432. The van der Waals surface area contributed by atoms with Gasteiger partial charge in [-0.05, 0) is 50.9 Å². The number of benzene rings is 1. The lowest BCUT2D eigenvalue weighted by Crippen LogP contribution is -2.40. The van der Waals surface area contributed by atoms with Gasteiger partial charge in [-0.1, -0.05) is 13.3 Å². The zero-order valence-corrected chi connectivity index (χ0v) is 13.6. The van der Waals surface area contributed by atoms with Crippen LogP contribution in [0.5, 0.6) is 0 Å². The van der Waals surface area contributed by atoms with Crippen LogP contribution in [0.25, 0.3) is 0 Å². The number of nitrogens with one attached hydrogen (secondary N) is 1. The number of hydrogen-bond acceptors (Lipinski definition) is 4. The minimum atomic E-state index is -3.51. The van der Waals surface area contributed by atoms with Crippen LogP contribution in [-0.2, 0) is 10.0 Å². The van der Waals surface area contributed by atoms with Crippen LogP contribution in [0, 0.1) is 0 Å². The van der Waals surface area contributed by atoms with E-state index in [0.717, 1.165) is 37.9 Å². The van der Waals surface area contributed by atoms with Crippen molar-refractivity contribution in [2.24, 2.45) is 0 Å². The summed E-state index contributed by atoms with van der Waals surface area (Å²) < 4.78 is 27.0. The third kappa shape index (κ3) is 3.49. The third-order valence-electron chi connectivity index (χ3n) is 4.10. The summed E-state index contributed by atoms with van der Waals surface area (Å²) in [6.07, 6.45) is 5.62. The molecule has 5 nitrogen and oxygen atoms in total. The Hall–Kier alpha value is -1.27. The van der Waals surface area contributed by atoms with Crippen LogP contribution in [0.1, 0.15) is 39.0 Å². The van der Waals surface area contributed by atoms with Gasteiger partial charge in [0.2, 0.25) is 10.0 Å². The Bertz CT molecular complexity index is 585. The van der Waals surface area contributed by atoms with E-state index in [-0.39, 0.29) is 4.90 Å². The Labute approximate surface area is 127 Å². The molecule has 1 aromatic carbocycles. The molecule has 0 aliphatic carbocycles. The van der Waals surface area contributed by atoms with E-state index in [1.165, 1.54) is 13.5 Å². The maximum absolute atomic E-state index is 12.3. The van der Waals surface area contributed by atoms with Crippen LogP contribution in [0.4, 0.5) is 11.4 Å². The molecule has 21 heavy (non-hydrogen) atoms. The number of nitrogen functional groups attached to an aromatic ring is 1. The van der Waals surface area contributed by atoms with Gasteiger partial charge in [0, 0.05) is 18.3 Å². The fourth-order valence-corrected chi connectivity index (χ4v) is 4.02. The molecular formula is C15H25N3O2S. The van der Waals surface area contributed by atoms with Gasteiger partial charge < -0.3 is 10.6 Å². The van der Waals surface area contributed by atoms with E-state index in [1.807, 2.05) is 6.07 Å². The van der Waals surface area contributed by atoms with Crippen LogP contribution in [0.2, 0.25) is 0 Å². The zero-order chi connectivity index (χ0) is 15.5. The first-order chi connectivity index (χ1) is 9.99. The Morgan fingerprint density at radius 1 is 1.38 bits per heavy atom. The van der Waals surface area contributed by atoms with Gasteiger partial charge in [-0.2, -0.15) is 0 Å². The van der Waals surface area contributed by atoms with E-state index in [2.05, 4.69) is 16.5 Å². The molecule has 0 radical (unpaired) electrons. The summed E-state index contributed by atoms with van der Waals surface area (Å²) in [5, 5.41) is 0. The first-order valence-corrected chi connectivity index (χ1v) is 9.07. The molecule has 0 spiro atoms. The molecule has 1 fully saturated rings. The molecule has 1 atom stereocenters. The van der Waals surface area contributed by atoms with Crippen molar-refractivity contribution >= 4 is 21.4 Å². The molecule has 1 aromatic rings. The molecule has 0 saturated carbocycles. The second kappa shape index (κ2) is 6.66. The Kier molecular flexibility index (Phi) is 5.11. The minimum absolute atomic E-state index is 0.285. The first kappa shape index (κ1) is 16.1. The summed E-state index contributed by atoms with van der Waals surface area (Å²) in [5.41, 5.74) is 7.03. The summed E-state index contributed by atoms with van der Waals surface area (Å²) in [5.74, 6) is 0. The molecule has 118 valence electrons. The number of piperidine rings is 1. The molecular weight excluding hydrogens is 286 g/mol. The van der Waals surface area contributed by atoms with Crippen molar-refractivity contribution in [3.8, 4) is 0 Å². The molecule has 1 aliphatic rings. The van der Waals surface area contributed by atoms with Crippen LogP contribution >= 0.6 is 0 Å². The second-order valence-electron chi connectivity index (χ2n) is 5.57. The van der Waals surface area contributed by atoms with Gasteiger partial charge in [0.25, 0.3) is 0 Å². The molecule has 1 unspecified atom stereocenters. The maximum Gasteiger partial charge on any atom is 0.242 e. The van der Waals surface area contributed by atoms with Gasteiger partial charge in [0.15, 0.2) is 0 Å². The summed E-state index contributed by atoms with van der Waals surface area (Å²) in [7, 11) is -2.08. The highest BCUT2D eigenvalue weighted by atomic mass is 32.2. The highest BCUT2D eigenvalue weighted by Gasteiger charge is 2.27. The van der Waals surface area contributed by atoms with Crippen molar-refractivity contribution in [2.45, 2.75) is 50.0 Å². The predicted molar refractivity (Wildman–Crippen MR) is 87.0 cm³/mol. The Morgan fingerprint density at radius 2 is 2.14 bits per heavy atom. The normalized spacial score (nSPS) is 19.7. The second-order valence-corrected chi connectivity index (χ2v) is 7.42. The lowest BCUT2D eigenvalue weighted by Gasteiger charge is -2.38. The molecule has 0 bridgehead atoms. The topological polar surface area (TPSA) is 75.4 Å². The smallest absolute Gasteiger partial charge is 0.242 e. The van der Waals surface area contributed by atoms with E-state index >= 15 is 0 Å². The fourth-order valence-electron chi connectivity index (χ4n) is 3.04. The SMILES string of the molecule is CCCC1CCCCN1c1ccc(N)cc1S(=O)(=O)NC. The number of anilines is 2. The average Bonchev–Trinajstić information content (AvgIpc) is 2.48. The largest absolute Gasteiger partial charge is 0.399 e. The van der Waals surface area contributed by atoms with Gasteiger partial charge in [0.05, 0.1) is 5.69 Å². The number of nitrogens with zero attached hydrogens (tertiary/aromatic N) is 1. The van der Waals surface area contributed by atoms with Crippen molar-refractivity contribution < 1.29 is 8.42 Å². The van der Waals surface area contributed by atoms with Crippen LogP contribution in [0.15, 0.2) is 23.1 Å². The number of hydrogen-bond donors (Lipinski definition) is 2. The lowest BCUT2D eigenvalue weighted by atomic mass is 9.97. The average molecular weight is 311 g/mol. The summed E-state index contributed by atoms with van der Waals surface area (Å²) in [6, 6.07) is 5.59. The predicted octanol–water partition coefficient (Wildman–Crippen LogP) is 2.34. The highest BCUT2D eigenvalue weighted by Crippen LogP contribution is 2.33.